The molecular formula is C19H33N3O2S. The topological polar surface area (TPSA) is 55.2 Å². The maximum absolute atomic E-state index is 13.6. The van der Waals surface area contributed by atoms with Crippen LogP contribution in [0.25, 0.3) is 0 Å². The number of sulfonamides is 1. The van der Waals surface area contributed by atoms with Crippen LogP contribution in [0, 0.1) is 0 Å². The van der Waals surface area contributed by atoms with Gasteiger partial charge in [0.05, 0.1) is 11.7 Å². The second-order valence-electron chi connectivity index (χ2n) is 8.97. The van der Waals surface area contributed by atoms with Crippen molar-refractivity contribution < 1.29 is 8.42 Å². The SMILES string of the molecule is CC1CCCC(C)N1S(=O)(=O)c1cn(C2CCCC2)nc1C(C)(C)C. The lowest BCUT2D eigenvalue weighted by Gasteiger charge is -2.37. The first kappa shape index (κ1) is 18.9. The van der Waals surface area contributed by atoms with Gasteiger partial charge >= 0.3 is 0 Å². The van der Waals surface area contributed by atoms with Gasteiger partial charge in [-0.2, -0.15) is 9.40 Å². The van der Waals surface area contributed by atoms with Gasteiger partial charge < -0.3 is 0 Å². The molecule has 1 aromatic heterocycles. The summed E-state index contributed by atoms with van der Waals surface area (Å²) in [5, 5.41) is 4.79. The van der Waals surface area contributed by atoms with Crippen molar-refractivity contribution in [1.29, 1.82) is 0 Å². The Morgan fingerprint density at radius 1 is 1.00 bits per heavy atom. The van der Waals surface area contributed by atoms with Gasteiger partial charge in [0.2, 0.25) is 10.0 Å². The van der Waals surface area contributed by atoms with Crippen molar-refractivity contribution in [1.82, 2.24) is 14.1 Å². The number of nitrogens with zero attached hydrogens (tertiary/aromatic N) is 3. The summed E-state index contributed by atoms with van der Waals surface area (Å²) in [7, 11) is -3.53. The minimum Gasteiger partial charge on any atom is -0.268 e. The van der Waals surface area contributed by atoms with E-state index >= 15 is 0 Å². The zero-order valence-corrected chi connectivity index (χ0v) is 17.1. The van der Waals surface area contributed by atoms with Crippen molar-refractivity contribution >= 4 is 10.0 Å². The quantitative estimate of drug-likeness (QED) is 0.802. The predicted molar refractivity (Wildman–Crippen MR) is 100 cm³/mol. The third kappa shape index (κ3) is 3.52. The van der Waals surface area contributed by atoms with Crippen LogP contribution in [0.5, 0.6) is 0 Å². The zero-order chi connectivity index (χ0) is 18.4. The van der Waals surface area contributed by atoms with E-state index in [-0.39, 0.29) is 17.5 Å². The minimum absolute atomic E-state index is 0.0522. The number of aromatic nitrogens is 2. The molecule has 0 bridgehead atoms. The molecule has 2 aliphatic rings. The van der Waals surface area contributed by atoms with Crippen LogP contribution >= 0.6 is 0 Å². The Balaban J connectivity index is 2.07. The lowest BCUT2D eigenvalue weighted by atomic mass is 9.92. The van der Waals surface area contributed by atoms with E-state index in [1.54, 1.807) is 4.31 Å². The van der Waals surface area contributed by atoms with Crippen LogP contribution in [-0.2, 0) is 15.4 Å². The molecule has 1 aliphatic heterocycles. The van der Waals surface area contributed by atoms with Gasteiger partial charge in [-0.1, -0.05) is 40.0 Å². The van der Waals surface area contributed by atoms with Gasteiger partial charge in [-0.3, -0.25) is 4.68 Å². The van der Waals surface area contributed by atoms with E-state index in [0.717, 1.165) is 32.1 Å². The van der Waals surface area contributed by atoms with Crippen LogP contribution in [-0.4, -0.2) is 34.6 Å². The van der Waals surface area contributed by atoms with Crippen LogP contribution in [0.4, 0.5) is 0 Å². The normalized spacial score (nSPS) is 27.1. The molecule has 2 heterocycles. The first-order valence-corrected chi connectivity index (χ1v) is 11.2. The molecule has 2 unspecified atom stereocenters. The maximum Gasteiger partial charge on any atom is 0.246 e. The predicted octanol–water partition coefficient (Wildman–Crippen LogP) is 4.25. The van der Waals surface area contributed by atoms with E-state index in [2.05, 4.69) is 20.8 Å². The highest BCUT2D eigenvalue weighted by molar-refractivity contribution is 7.89. The highest BCUT2D eigenvalue weighted by atomic mass is 32.2. The van der Waals surface area contributed by atoms with Crippen LogP contribution in [0.1, 0.15) is 91.3 Å². The Morgan fingerprint density at radius 3 is 2.08 bits per heavy atom. The lowest BCUT2D eigenvalue weighted by Crippen LogP contribution is -2.47. The van der Waals surface area contributed by atoms with Gasteiger partial charge in [0.1, 0.15) is 4.90 Å². The maximum atomic E-state index is 13.6. The van der Waals surface area contributed by atoms with Gasteiger partial charge in [-0.25, -0.2) is 8.42 Å². The van der Waals surface area contributed by atoms with E-state index in [0.29, 0.717) is 16.6 Å². The van der Waals surface area contributed by atoms with Gasteiger partial charge in [-0.05, 0) is 39.5 Å². The van der Waals surface area contributed by atoms with Crippen molar-refractivity contribution in [3.8, 4) is 0 Å². The van der Waals surface area contributed by atoms with Gasteiger partial charge in [0.25, 0.3) is 0 Å². The van der Waals surface area contributed by atoms with Gasteiger partial charge in [0, 0.05) is 23.7 Å². The first-order valence-electron chi connectivity index (χ1n) is 9.75. The fourth-order valence-corrected chi connectivity index (χ4v) is 6.64. The summed E-state index contributed by atoms with van der Waals surface area (Å²) in [5.41, 5.74) is 0.415. The van der Waals surface area contributed by atoms with Gasteiger partial charge in [0.15, 0.2) is 0 Å². The Bertz CT molecular complexity index is 702. The largest absolute Gasteiger partial charge is 0.268 e. The molecule has 2 fully saturated rings. The lowest BCUT2D eigenvalue weighted by molar-refractivity contribution is 0.204. The van der Waals surface area contributed by atoms with Crippen molar-refractivity contribution in [3.05, 3.63) is 11.9 Å². The van der Waals surface area contributed by atoms with E-state index in [4.69, 9.17) is 5.10 Å². The van der Waals surface area contributed by atoms with Crippen molar-refractivity contribution in [2.45, 2.75) is 108 Å². The summed E-state index contributed by atoms with van der Waals surface area (Å²) in [6.07, 6.45) is 9.40. The molecule has 2 atom stereocenters. The molecule has 1 saturated carbocycles. The summed E-state index contributed by atoms with van der Waals surface area (Å²) in [4.78, 5) is 0.424. The molecule has 5 nitrogen and oxygen atoms in total. The Hall–Kier alpha value is -0.880. The van der Waals surface area contributed by atoms with Crippen LogP contribution in [0.15, 0.2) is 11.1 Å². The summed E-state index contributed by atoms with van der Waals surface area (Å²) in [5.74, 6) is 0. The van der Waals surface area contributed by atoms with Crippen LogP contribution in [0.3, 0.4) is 0 Å². The first-order chi connectivity index (χ1) is 11.6. The molecule has 142 valence electrons. The third-order valence-corrected chi connectivity index (χ3v) is 7.91. The fourth-order valence-electron chi connectivity index (χ4n) is 4.42. The molecule has 0 aromatic carbocycles. The molecule has 0 radical (unpaired) electrons. The molecule has 0 amide bonds. The summed E-state index contributed by atoms with van der Waals surface area (Å²) in [6, 6.07) is 0.453. The second kappa shape index (κ2) is 6.69. The third-order valence-electron chi connectivity index (χ3n) is 5.78. The standard InChI is InChI=1S/C19H33N3O2S/c1-14-9-8-10-15(2)22(14)25(23,24)17-13-21(16-11-6-7-12-16)20-18(17)19(3,4)5/h13-16H,6-12H2,1-5H3. The zero-order valence-electron chi connectivity index (χ0n) is 16.3. The summed E-state index contributed by atoms with van der Waals surface area (Å²) in [6.45, 7) is 10.2. The number of piperidine rings is 1. The Morgan fingerprint density at radius 2 is 1.56 bits per heavy atom. The van der Waals surface area contributed by atoms with E-state index in [1.165, 1.54) is 12.8 Å². The van der Waals surface area contributed by atoms with E-state index in [9.17, 15) is 8.42 Å². The van der Waals surface area contributed by atoms with Crippen molar-refractivity contribution in [2.75, 3.05) is 0 Å². The fraction of sp³-hybridized carbons (Fsp3) is 0.842. The highest BCUT2D eigenvalue weighted by Crippen LogP contribution is 2.37. The summed E-state index contributed by atoms with van der Waals surface area (Å²) < 4.78 is 30.8. The molecule has 0 spiro atoms. The molecule has 1 aliphatic carbocycles. The Labute approximate surface area is 152 Å². The number of hydrogen-bond acceptors (Lipinski definition) is 3. The smallest absolute Gasteiger partial charge is 0.246 e. The van der Waals surface area contributed by atoms with Crippen LogP contribution < -0.4 is 0 Å². The molecule has 25 heavy (non-hydrogen) atoms. The molecule has 6 heteroatoms. The van der Waals surface area contributed by atoms with Crippen LogP contribution in [0.2, 0.25) is 0 Å². The minimum atomic E-state index is -3.53. The molecule has 0 N–H and O–H groups in total. The highest BCUT2D eigenvalue weighted by Gasteiger charge is 2.40. The van der Waals surface area contributed by atoms with Crippen molar-refractivity contribution in [3.63, 3.8) is 0 Å². The van der Waals surface area contributed by atoms with Crippen molar-refractivity contribution in [2.24, 2.45) is 0 Å². The molecule has 3 rings (SSSR count). The molecular weight excluding hydrogens is 334 g/mol. The molecule has 1 saturated heterocycles. The monoisotopic (exact) mass is 367 g/mol. The van der Waals surface area contributed by atoms with E-state index in [1.807, 2.05) is 24.7 Å². The number of rotatable bonds is 3. The Kier molecular flexibility index (Phi) is 5.06. The number of hydrogen-bond donors (Lipinski definition) is 0. The average Bonchev–Trinajstić information content (AvgIpc) is 3.15. The second-order valence-corrected chi connectivity index (χ2v) is 10.8. The summed E-state index contributed by atoms with van der Waals surface area (Å²) >= 11 is 0. The average molecular weight is 368 g/mol. The van der Waals surface area contributed by atoms with Gasteiger partial charge in [-0.15, -0.1) is 0 Å². The van der Waals surface area contributed by atoms with E-state index < -0.39 is 10.0 Å². The molecule has 1 aromatic rings.